The molecule has 1 aliphatic carbocycles. The molecule has 2 aromatic rings. The van der Waals surface area contributed by atoms with Crippen LogP contribution in [0.15, 0.2) is 42.5 Å². The van der Waals surface area contributed by atoms with Crippen LogP contribution in [0.1, 0.15) is 70.4 Å². The van der Waals surface area contributed by atoms with Crippen LogP contribution in [0.25, 0.3) is 0 Å². The van der Waals surface area contributed by atoms with Crippen LogP contribution in [-0.4, -0.2) is 43.9 Å². The lowest BCUT2D eigenvalue weighted by Gasteiger charge is -2.43. The van der Waals surface area contributed by atoms with E-state index in [9.17, 15) is 27.0 Å². The van der Waals surface area contributed by atoms with Gasteiger partial charge in [0, 0.05) is 24.2 Å². The summed E-state index contributed by atoms with van der Waals surface area (Å²) in [7, 11) is -1.49. The zero-order valence-corrected chi connectivity index (χ0v) is 24.4. The number of ether oxygens (including phenoxy) is 1. The topological polar surface area (TPSA) is 75.7 Å². The molecule has 3 fully saturated rings. The lowest BCUT2D eigenvalue weighted by atomic mass is 9.82. The Hall–Kier alpha value is -2.72. The summed E-state index contributed by atoms with van der Waals surface area (Å²) >= 11 is 0. The molecule has 5 rings (SSSR count). The van der Waals surface area contributed by atoms with Gasteiger partial charge in [0.2, 0.25) is 5.91 Å². The molecule has 3 aliphatic rings. The van der Waals surface area contributed by atoms with Crippen molar-refractivity contribution < 1.29 is 31.7 Å². The van der Waals surface area contributed by atoms with Gasteiger partial charge in [-0.1, -0.05) is 30.3 Å². The molecule has 2 saturated heterocycles. The highest BCUT2D eigenvalue weighted by molar-refractivity contribution is 7.84. The molecular weight excluding hydrogens is 553 g/mol. The number of hydrogen-bond acceptors (Lipinski definition) is 4. The molecule has 0 radical (unpaired) electrons. The van der Waals surface area contributed by atoms with Gasteiger partial charge in [0.25, 0.3) is 0 Å². The molecular formula is C31H37F3N2O4S. The summed E-state index contributed by atoms with van der Waals surface area (Å²) in [6.07, 6.45) is 3.64. The molecule has 1 amide bonds. The van der Waals surface area contributed by atoms with Crippen molar-refractivity contribution in [2.45, 2.75) is 95.2 Å². The Morgan fingerprint density at radius 2 is 1.63 bits per heavy atom. The molecule has 2 aromatic carbocycles. The second kappa shape index (κ2) is 11.5. The smallest absolute Gasteiger partial charge is 0.321 e. The van der Waals surface area contributed by atoms with Gasteiger partial charge in [-0.2, -0.15) is 0 Å². The third-order valence-corrected chi connectivity index (χ3v) is 10.3. The number of carbonyl (C=O) groups excluding carboxylic acids is 2. The molecule has 0 spiro atoms. The minimum atomic E-state index is -1.49. The average molecular weight is 591 g/mol. The van der Waals surface area contributed by atoms with E-state index in [0.29, 0.717) is 31.7 Å². The maximum atomic E-state index is 14.6. The van der Waals surface area contributed by atoms with Crippen molar-refractivity contribution in [3.63, 3.8) is 0 Å². The number of hydrogen-bond donors (Lipinski definition) is 1. The van der Waals surface area contributed by atoms with Crippen LogP contribution in [0.4, 0.5) is 13.2 Å². The minimum absolute atomic E-state index is 0.0104. The normalized spacial score (nSPS) is 24.5. The van der Waals surface area contributed by atoms with E-state index in [0.717, 1.165) is 24.5 Å². The standard InChI is InChI=1S/C31H37F3N2O4S/c1-30(2,3)41(39)35-27(16-20-15-25(33)26(34)17-24(20)32)21-13-22-9-10-23(14-21)36(22)28(37)31(11-12-31)29(38)40-18-19-7-5-4-6-8-19/h4-8,15,17,21-23,27,35H,9-14,16,18H2,1-3H3/t21?,22-,23+,27-,41?/m1/s1. The Morgan fingerprint density at radius 1 is 1.02 bits per heavy atom. The summed E-state index contributed by atoms with van der Waals surface area (Å²) in [5, 5.41) is 0. The summed E-state index contributed by atoms with van der Waals surface area (Å²) in [6.45, 7) is 5.58. The molecule has 0 aromatic heterocycles. The number of amides is 1. The average Bonchev–Trinajstić information content (AvgIpc) is 3.70. The maximum Gasteiger partial charge on any atom is 0.321 e. The van der Waals surface area contributed by atoms with Crippen LogP contribution in [0.3, 0.4) is 0 Å². The first kappa shape index (κ1) is 29.8. The van der Waals surface area contributed by atoms with Crippen molar-refractivity contribution in [3.05, 3.63) is 71.0 Å². The minimum Gasteiger partial charge on any atom is -0.460 e. The summed E-state index contributed by atoms with van der Waals surface area (Å²) < 4.78 is 63.5. The molecule has 2 bridgehead atoms. The summed E-state index contributed by atoms with van der Waals surface area (Å²) in [5.74, 6) is -3.99. The third kappa shape index (κ3) is 6.23. The van der Waals surface area contributed by atoms with E-state index in [1.807, 2.05) is 56.0 Å². The van der Waals surface area contributed by atoms with Crippen LogP contribution in [-0.2, 0) is 38.3 Å². The highest BCUT2D eigenvalue weighted by atomic mass is 32.2. The largest absolute Gasteiger partial charge is 0.460 e. The number of halogens is 3. The van der Waals surface area contributed by atoms with Gasteiger partial charge in [-0.05, 0) is 88.8 Å². The Bertz CT molecular complexity index is 1310. The zero-order chi connectivity index (χ0) is 29.5. The van der Waals surface area contributed by atoms with E-state index < -0.39 is 50.6 Å². The maximum absolute atomic E-state index is 14.6. The molecule has 6 nitrogen and oxygen atoms in total. The van der Waals surface area contributed by atoms with E-state index >= 15 is 0 Å². The van der Waals surface area contributed by atoms with Gasteiger partial charge >= 0.3 is 5.97 Å². The second-order valence-corrected chi connectivity index (χ2v) is 14.6. The van der Waals surface area contributed by atoms with Crippen molar-refractivity contribution in [2.24, 2.45) is 11.3 Å². The number of benzene rings is 2. The number of rotatable bonds is 9. The predicted octanol–water partition coefficient (Wildman–Crippen LogP) is 5.36. The van der Waals surface area contributed by atoms with Crippen LogP contribution < -0.4 is 4.72 Å². The first-order valence-electron chi connectivity index (χ1n) is 14.2. The fourth-order valence-electron chi connectivity index (χ4n) is 6.19. The van der Waals surface area contributed by atoms with Gasteiger partial charge in [0.05, 0.1) is 15.7 Å². The van der Waals surface area contributed by atoms with Gasteiger partial charge in [-0.15, -0.1) is 0 Å². The quantitative estimate of drug-likeness (QED) is 0.243. The van der Waals surface area contributed by atoms with E-state index in [1.54, 1.807) is 0 Å². The number of carbonyl (C=O) groups is 2. The second-order valence-electron chi connectivity index (χ2n) is 12.6. The molecule has 1 N–H and O–H groups in total. The highest BCUT2D eigenvalue weighted by Gasteiger charge is 2.62. The number of esters is 1. The third-order valence-electron chi connectivity index (χ3n) is 8.68. The Balaban J connectivity index is 1.31. The number of nitrogens with zero attached hydrogens (tertiary/aromatic N) is 1. The predicted molar refractivity (Wildman–Crippen MR) is 149 cm³/mol. The molecule has 2 unspecified atom stereocenters. The van der Waals surface area contributed by atoms with Gasteiger partial charge in [0.15, 0.2) is 11.6 Å². The Kier molecular flexibility index (Phi) is 8.36. The molecule has 2 heterocycles. The highest BCUT2D eigenvalue weighted by Crippen LogP contribution is 2.52. The summed E-state index contributed by atoms with van der Waals surface area (Å²) in [5.41, 5.74) is -0.271. The Morgan fingerprint density at radius 3 is 2.22 bits per heavy atom. The molecule has 41 heavy (non-hydrogen) atoms. The lowest BCUT2D eigenvalue weighted by Crippen LogP contribution is -2.55. The SMILES string of the molecule is CC(C)(C)S(=O)N[C@H](Cc1cc(F)c(F)cc1F)C1C[C@H]2CC[C@@H](C1)N2C(=O)C1(C(=O)OCc2ccccc2)CC1. The van der Waals surface area contributed by atoms with Crippen molar-refractivity contribution in [1.82, 2.24) is 9.62 Å². The fraction of sp³-hybridized carbons (Fsp3) is 0.548. The zero-order valence-electron chi connectivity index (χ0n) is 23.6. The molecule has 5 atom stereocenters. The van der Waals surface area contributed by atoms with Crippen molar-refractivity contribution in [2.75, 3.05) is 0 Å². The Labute approximate surface area is 241 Å². The summed E-state index contributed by atoms with van der Waals surface area (Å²) in [4.78, 5) is 28.8. The number of nitrogens with one attached hydrogen (secondary N) is 1. The molecule has 2 aliphatic heterocycles. The van der Waals surface area contributed by atoms with Gasteiger partial charge in [-0.25, -0.2) is 22.1 Å². The lowest BCUT2D eigenvalue weighted by molar-refractivity contribution is -0.161. The van der Waals surface area contributed by atoms with Gasteiger partial charge in [-0.3, -0.25) is 9.59 Å². The number of piperidine rings is 1. The van der Waals surface area contributed by atoms with E-state index in [2.05, 4.69) is 4.72 Å². The fourth-order valence-corrected chi connectivity index (χ4v) is 7.10. The number of fused-ring (bicyclic) bond motifs is 2. The molecule has 1 saturated carbocycles. The van der Waals surface area contributed by atoms with E-state index in [1.165, 1.54) is 0 Å². The van der Waals surface area contributed by atoms with Gasteiger partial charge in [0.1, 0.15) is 17.8 Å². The van der Waals surface area contributed by atoms with E-state index in [-0.39, 0.29) is 42.5 Å². The van der Waals surface area contributed by atoms with Crippen molar-refractivity contribution >= 4 is 22.9 Å². The van der Waals surface area contributed by atoms with Crippen LogP contribution in [0, 0.1) is 28.8 Å². The van der Waals surface area contributed by atoms with Crippen molar-refractivity contribution in [1.29, 1.82) is 0 Å². The first-order valence-corrected chi connectivity index (χ1v) is 15.4. The van der Waals surface area contributed by atoms with Crippen LogP contribution >= 0.6 is 0 Å². The molecule has 10 heteroatoms. The van der Waals surface area contributed by atoms with E-state index in [4.69, 9.17) is 4.74 Å². The molecule has 222 valence electrons. The summed E-state index contributed by atoms with van der Waals surface area (Å²) in [6, 6.07) is 10.0. The monoisotopic (exact) mass is 590 g/mol. The first-order chi connectivity index (χ1) is 19.4. The van der Waals surface area contributed by atoms with Crippen LogP contribution in [0.2, 0.25) is 0 Å². The van der Waals surface area contributed by atoms with Gasteiger partial charge < -0.3 is 9.64 Å². The van der Waals surface area contributed by atoms with Crippen molar-refractivity contribution in [3.8, 4) is 0 Å². The van der Waals surface area contributed by atoms with Crippen LogP contribution in [0.5, 0.6) is 0 Å².